The molecular formula is C21H30N4O2S. The summed E-state index contributed by atoms with van der Waals surface area (Å²) >= 11 is 1.60. The number of nitrogens with zero attached hydrogens (tertiary/aromatic N) is 2. The number of hydrogen-bond acceptors (Lipinski definition) is 4. The van der Waals surface area contributed by atoms with Gasteiger partial charge in [-0.05, 0) is 36.3 Å². The molecule has 0 spiro atoms. The monoisotopic (exact) mass is 402 g/mol. The Bertz CT molecular complexity index is 787. The zero-order chi connectivity index (χ0) is 19.9. The van der Waals surface area contributed by atoms with Crippen LogP contribution in [0.3, 0.4) is 0 Å². The van der Waals surface area contributed by atoms with Gasteiger partial charge < -0.3 is 20.6 Å². The van der Waals surface area contributed by atoms with Gasteiger partial charge in [0.1, 0.15) is 6.10 Å². The van der Waals surface area contributed by atoms with Crippen molar-refractivity contribution in [3.63, 3.8) is 0 Å². The molecular weight excluding hydrogens is 372 g/mol. The third-order valence-corrected chi connectivity index (χ3v) is 6.32. The lowest BCUT2D eigenvalue weighted by Gasteiger charge is -2.31. The van der Waals surface area contributed by atoms with E-state index in [2.05, 4.69) is 34.7 Å². The quantitative estimate of drug-likeness (QED) is 0.513. The van der Waals surface area contributed by atoms with Crippen molar-refractivity contribution in [2.45, 2.75) is 32.3 Å². The van der Waals surface area contributed by atoms with Crippen molar-refractivity contribution in [1.82, 2.24) is 15.5 Å². The van der Waals surface area contributed by atoms with Crippen molar-refractivity contribution >= 4 is 33.3 Å². The van der Waals surface area contributed by atoms with Crippen molar-refractivity contribution in [2.75, 3.05) is 33.2 Å². The minimum Gasteiger partial charge on any atom is -0.386 e. The normalized spacial score (nSPS) is 18.9. The second-order valence-corrected chi connectivity index (χ2v) is 8.53. The number of likely N-dealkylation sites (tertiary alicyclic amines) is 1. The van der Waals surface area contributed by atoms with E-state index in [0.29, 0.717) is 31.4 Å². The van der Waals surface area contributed by atoms with E-state index in [1.54, 1.807) is 18.4 Å². The molecule has 1 aliphatic heterocycles. The van der Waals surface area contributed by atoms with Crippen molar-refractivity contribution in [3.8, 4) is 0 Å². The van der Waals surface area contributed by atoms with Gasteiger partial charge in [0.2, 0.25) is 5.91 Å². The number of amides is 1. The molecule has 1 saturated heterocycles. The molecule has 1 fully saturated rings. The van der Waals surface area contributed by atoms with Gasteiger partial charge in [0.15, 0.2) is 5.96 Å². The van der Waals surface area contributed by atoms with E-state index >= 15 is 0 Å². The van der Waals surface area contributed by atoms with Crippen LogP contribution in [0.2, 0.25) is 0 Å². The van der Waals surface area contributed by atoms with Crippen LogP contribution in [-0.2, 0) is 4.79 Å². The van der Waals surface area contributed by atoms with E-state index in [1.807, 2.05) is 23.1 Å². The van der Waals surface area contributed by atoms with Crippen LogP contribution in [-0.4, -0.2) is 55.1 Å². The van der Waals surface area contributed by atoms with Crippen LogP contribution >= 0.6 is 11.3 Å². The van der Waals surface area contributed by atoms with Crippen LogP contribution in [0.15, 0.2) is 35.3 Å². The highest BCUT2D eigenvalue weighted by Crippen LogP contribution is 2.29. The molecule has 1 aliphatic rings. The van der Waals surface area contributed by atoms with Gasteiger partial charge in [0.05, 0.1) is 0 Å². The number of aliphatic hydroxyl groups excluding tert-OH is 1. The van der Waals surface area contributed by atoms with E-state index in [-0.39, 0.29) is 5.91 Å². The molecule has 1 aromatic carbocycles. The molecule has 28 heavy (non-hydrogen) atoms. The van der Waals surface area contributed by atoms with Crippen LogP contribution in [0.4, 0.5) is 0 Å². The number of aliphatic imine (C=N–C) groups is 1. The van der Waals surface area contributed by atoms with Crippen molar-refractivity contribution in [3.05, 3.63) is 35.2 Å². The maximum absolute atomic E-state index is 12.3. The Hall–Kier alpha value is -2.12. The van der Waals surface area contributed by atoms with E-state index in [9.17, 15) is 9.90 Å². The first-order chi connectivity index (χ1) is 13.6. The van der Waals surface area contributed by atoms with Gasteiger partial charge in [-0.1, -0.05) is 25.1 Å². The molecule has 0 radical (unpaired) electrons. The second kappa shape index (κ2) is 9.89. The minimum absolute atomic E-state index is 0.194. The zero-order valence-electron chi connectivity index (χ0n) is 16.6. The van der Waals surface area contributed by atoms with Crippen molar-refractivity contribution in [2.24, 2.45) is 10.9 Å². The van der Waals surface area contributed by atoms with Crippen LogP contribution in [0, 0.1) is 5.92 Å². The fourth-order valence-electron chi connectivity index (χ4n) is 3.54. The highest BCUT2D eigenvalue weighted by molar-refractivity contribution is 7.19. The first-order valence-corrected chi connectivity index (χ1v) is 10.8. The molecule has 0 bridgehead atoms. The SMILES string of the molecule is CN=C(NCCC(=O)N1CCCC(C)C1)NCC(O)c1cc2ccccc2s1. The molecule has 1 amide bonds. The Balaban J connectivity index is 1.42. The predicted molar refractivity (Wildman–Crippen MR) is 116 cm³/mol. The Kier molecular flexibility index (Phi) is 7.28. The Morgan fingerprint density at radius 2 is 2.21 bits per heavy atom. The summed E-state index contributed by atoms with van der Waals surface area (Å²) < 4.78 is 1.17. The molecule has 7 heteroatoms. The summed E-state index contributed by atoms with van der Waals surface area (Å²) in [4.78, 5) is 19.4. The van der Waals surface area contributed by atoms with E-state index in [1.165, 1.54) is 11.1 Å². The maximum atomic E-state index is 12.3. The first kappa shape index (κ1) is 20.6. The molecule has 3 rings (SSSR count). The molecule has 2 aromatic rings. The molecule has 2 atom stereocenters. The van der Waals surface area contributed by atoms with Crippen molar-refractivity contribution in [1.29, 1.82) is 0 Å². The highest BCUT2D eigenvalue weighted by Gasteiger charge is 2.20. The third-order valence-electron chi connectivity index (χ3n) is 5.10. The topological polar surface area (TPSA) is 77.0 Å². The summed E-state index contributed by atoms with van der Waals surface area (Å²) in [6, 6.07) is 10.1. The number of thiophene rings is 1. The number of hydrogen-bond donors (Lipinski definition) is 3. The summed E-state index contributed by atoms with van der Waals surface area (Å²) in [7, 11) is 1.69. The average molecular weight is 403 g/mol. The molecule has 152 valence electrons. The predicted octanol–water partition coefficient (Wildman–Crippen LogP) is 2.75. The number of fused-ring (bicyclic) bond motifs is 1. The number of benzene rings is 1. The lowest BCUT2D eigenvalue weighted by Crippen LogP contribution is -2.43. The number of rotatable bonds is 6. The molecule has 2 unspecified atom stereocenters. The summed E-state index contributed by atoms with van der Waals surface area (Å²) in [5, 5.41) is 17.9. The number of carbonyl (C=O) groups excluding carboxylic acids is 1. The second-order valence-electron chi connectivity index (χ2n) is 7.42. The Morgan fingerprint density at radius 3 is 2.96 bits per heavy atom. The number of nitrogens with one attached hydrogen (secondary N) is 2. The summed E-state index contributed by atoms with van der Waals surface area (Å²) in [6.07, 6.45) is 2.15. The smallest absolute Gasteiger partial charge is 0.224 e. The van der Waals surface area contributed by atoms with Gasteiger partial charge in [-0.3, -0.25) is 9.79 Å². The minimum atomic E-state index is -0.604. The molecule has 0 aliphatic carbocycles. The van der Waals surface area contributed by atoms with E-state index in [4.69, 9.17) is 0 Å². The van der Waals surface area contributed by atoms with Crippen molar-refractivity contribution < 1.29 is 9.90 Å². The van der Waals surface area contributed by atoms with E-state index in [0.717, 1.165) is 29.8 Å². The zero-order valence-corrected chi connectivity index (χ0v) is 17.5. The lowest BCUT2D eigenvalue weighted by molar-refractivity contribution is -0.132. The first-order valence-electron chi connectivity index (χ1n) is 9.95. The van der Waals surface area contributed by atoms with Crippen LogP contribution in [0.5, 0.6) is 0 Å². The molecule has 6 nitrogen and oxygen atoms in total. The Labute approximate surface area is 170 Å². The van der Waals surface area contributed by atoms with Crippen LogP contribution < -0.4 is 10.6 Å². The van der Waals surface area contributed by atoms with Gasteiger partial charge in [-0.15, -0.1) is 11.3 Å². The summed E-state index contributed by atoms with van der Waals surface area (Å²) in [5.41, 5.74) is 0. The fourth-order valence-corrected chi connectivity index (χ4v) is 4.59. The number of carbonyl (C=O) groups is 1. The van der Waals surface area contributed by atoms with Gasteiger partial charge in [0, 0.05) is 49.2 Å². The molecule has 1 aromatic heterocycles. The standard InChI is InChI=1S/C21H30N4O2S/c1-15-6-5-11-25(14-15)20(27)9-10-23-21(22-2)24-13-17(26)19-12-16-7-3-4-8-18(16)28-19/h3-4,7-8,12,15,17,26H,5-6,9-11,13-14H2,1-2H3,(H2,22,23,24). The van der Waals surface area contributed by atoms with Gasteiger partial charge in [-0.25, -0.2) is 0 Å². The molecule has 0 saturated carbocycles. The van der Waals surface area contributed by atoms with Crippen LogP contribution in [0.25, 0.3) is 10.1 Å². The third kappa shape index (κ3) is 5.45. The highest BCUT2D eigenvalue weighted by atomic mass is 32.1. The van der Waals surface area contributed by atoms with Gasteiger partial charge in [-0.2, -0.15) is 0 Å². The van der Waals surface area contributed by atoms with Gasteiger partial charge >= 0.3 is 0 Å². The largest absolute Gasteiger partial charge is 0.386 e. The maximum Gasteiger partial charge on any atom is 0.224 e. The molecule has 2 heterocycles. The Morgan fingerprint density at radius 1 is 1.39 bits per heavy atom. The van der Waals surface area contributed by atoms with E-state index < -0.39 is 6.10 Å². The summed E-state index contributed by atoms with van der Waals surface area (Å²) in [6.45, 7) is 4.84. The molecule has 3 N–H and O–H groups in total. The van der Waals surface area contributed by atoms with Crippen LogP contribution in [0.1, 0.15) is 37.2 Å². The number of piperidine rings is 1. The van der Waals surface area contributed by atoms with Gasteiger partial charge in [0.25, 0.3) is 0 Å². The summed E-state index contributed by atoms with van der Waals surface area (Å²) in [5.74, 6) is 1.38. The fraction of sp³-hybridized carbons (Fsp3) is 0.524. The number of aliphatic hydroxyl groups is 1. The lowest BCUT2D eigenvalue weighted by atomic mass is 10.00. The average Bonchev–Trinajstić information content (AvgIpc) is 3.14. The number of guanidine groups is 1.